The van der Waals surface area contributed by atoms with Gasteiger partial charge in [0, 0.05) is 6.04 Å². The summed E-state index contributed by atoms with van der Waals surface area (Å²) in [7, 11) is 2.24. The van der Waals surface area contributed by atoms with Gasteiger partial charge in [-0.2, -0.15) is 11.8 Å². The van der Waals surface area contributed by atoms with Crippen LogP contribution in [0.1, 0.15) is 45.4 Å². The van der Waals surface area contributed by atoms with Crippen molar-refractivity contribution in [3.05, 3.63) is 0 Å². The van der Waals surface area contributed by atoms with Gasteiger partial charge in [-0.05, 0) is 77.2 Å². The monoisotopic (exact) mass is 272 g/mol. The summed E-state index contributed by atoms with van der Waals surface area (Å²) in [6, 6.07) is 0.713. The standard InChI is InChI=1S/C15H32N2S/c1-14(15-8-11-17(2)12-9-15)16-10-6-4-5-7-13-18-3/h14-16H,4-13H2,1-3H3. The van der Waals surface area contributed by atoms with Crippen LogP contribution in [0.15, 0.2) is 0 Å². The van der Waals surface area contributed by atoms with Gasteiger partial charge >= 0.3 is 0 Å². The van der Waals surface area contributed by atoms with Gasteiger partial charge in [0.1, 0.15) is 0 Å². The summed E-state index contributed by atoms with van der Waals surface area (Å²) in [5, 5.41) is 3.73. The summed E-state index contributed by atoms with van der Waals surface area (Å²) in [6.07, 6.45) is 10.5. The average Bonchev–Trinajstić information content (AvgIpc) is 2.38. The molecule has 0 radical (unpaired) electrons. The lowest BCUT2D eigenvalue weighted by Gasteiger charge is -2.33. The highest BCUT2D eigenvalue weighted by Crippen LogP contribution is 2.19. The number of piperidine rings is 1. The van der Waals surface area contributed by atoms with Gasteiger partial charge in [0.05, 0.1) is 0 Å². The van der Waals surface area contributed by atoms with Crippen LogP contribution in [0.2, 0.25) is 0 Å². The van der Waals surface area contributed by atoms with E-state index < -0.39 is 0 Å². The fraction of sp³-hybridized carbons (Fsp3) is 1.00. The van der Waals surface area contributed by atoms with Crippen LogP contribution in [0.25, 0.3) is 0 Å². The molecular weight excluding hydrogens is 240 g/mol. The van der Waals surface area contributed by atoms with E-state index in [9.17, 15) is 0 Å². The molecule has 1 N–H and O–H groups in total. The number of nitrogens with zero attached hydrogens (tertiary/aromatic N) is 1. The van der Waals surface area contributed by atoms with Gasteiger partial charge in [-0.25, -0.2) is 0 Å². The maximum Gasteiger partial charge on any atom is 0.00679 e. The van der Waals surface area contributed by atoms with Crippen molar-refractivity contribution in [3.63, 3.8) is 0 Å². The van der Waals surface area contributed by atoms with E-state index in [2.05, 4.69) is 30.4 Å². The Morgan fingerprint density at radius 3 is 2.50 bits per heavy atom. The van der Waals surface area contributed by atoms with Crippen LogP contribution in [0.3, 0.4) is 0 Å². The zero-order chi connectivity index (χ0) is 13.2. The first-order valence-electron chi connectivity index (χ1n) is 7.65. The minimum atomic E-state index is 0.713. The van der Waals surface area contributed by atoms with Crippen LogP contribution in [0.5, 0.6) is 0 Å². The minimum absolute atomic E-state index is 0.713. The van der Waals surface area contributed by atoms with Crippen LogP contribution in [-0.2, 0) is 0 Å². The molecule has 2 nitrogen and oxygen atoms in total. The van der Waals surface area contributed by atoms with Gasteiger partial charge in [0.25, 0.3) is 0 Å². The van der Waals surface area contributed by atoms with Crippen LogP contribution < -0.4 is 5.32 Å². The van der Waals surface area contributed by atoms with Crippen molar-refractivity contribution in [3.8, 4) is 0 Å². The summed E-state index contributed by atoms with van der Waals surface area (Å²) < 4.78 is 0. The number of thioether (sulfide) groups is 1. The lowest BCUT2D eigenvalue weighted by Crippen LogP contribution is -2.40. The Labute approximate surface area is 118 Å². The zero-order valence-electron chi connectivity index (χ0n) is 12.6. The van der Waals surface area contributed by atoms with Gasteiger partial charge in [-0.15, -0.1) is 0 Å². The second-order valence-corrected chi connectivity index (χ2v) is 6.78. The van der Waals surface area contributed by atoms with Crippen molar-refractivity contribution < 1.29 is 0 Å². The first-order chi connectivity index (χ1) is 8.74. The van der Waals surface area contributed by atoms with E-state index >= 15 is 0 Å². The Morgan fingerprint density at radius 2 is 1.83 bits per heavy atom. The van der Waals surface area contributed by atoms with Crippen LogP contribution in [-0.4, -0.2) is 49.6 Å². The zero-order valence-corrected chi connectivity index (χ0v) is 13.4. The molecule has 1 aliphatic heterocycles. The number of unbranched alkanes of at least 4 members (excludes halogenated alkanes) is 3. The highest BCUT2D eigenvalue weighted by atomic mass is 32.2. The molecule has 1 aliphatic rings. The maximum atomic E-state index is 3.73. The van der Waals surface area contributed by atoms with Gasteiger partial charge in [0.15, 0.2) is 0 Å². The lowest BCUT2D eigenvalue weighted by molar-refractivity contribution is 0.190. The highest BCUT2D eigenvalue weighted by molar-refractivity contribution is 7.98. The average molecular weight is 273 g/mol. The molecule has 3 heteroatoms. The molecular formula is C15H32N2S. The third-order valence-corrected chi connectivity index (χ3v) is 4.91. The number of nitrogens with one attached hydrogen (secondary N) is 1. The van der Waals surface area contributed by atoms with Crippen LogP contribution in [0, 0.1) is 5.92 Å². The molecule has 0 spiro atoms. The summed E-state index contributed by atoms with van der Waals surface area (Å²) >= 11 is 1.97. The van der Waals surface area contributed by atoms with Crippen molar-refractivity contribution in [2.75, 3.05) is 38.7 Å². The Morgan fingerprint density at radius 1 is 1.17 bits per heavy atom. The van der Waals surface area contributed by atoms with E-state index in [4.69, 9.17) is 0 Å². The van der Waals surface area contributed by atoms with Crippen molar-refractivity contribution in [1.29, 1.82) is 0 Å². The fourth-order valence-corrected chi connectivity index (χ4v) is 3.24. The van der Waals surface area contributed by atoms with E-state index in [0.29, 0.717) is 6.04 Å². The predicted octanol–water partition coefficient (Wildman–Crippen LogP) is 3.23. The molecule has 0 aromatic heterocycles. The maximum absolute atomic E-state index is 3.73. The van der Waals surface area contributed by atoms with Crippen LogP contribution in [0.4, 0.5) is 0 Å². The normalized spacial score (nSPS) is 20.2. The SMILES string of the molecule is CSCCCCCCNC(C)C1CCN(C)CC1. The molecule has 108 valence electrons. The summed E-state index contributed by atoms with van der Waals surface area (Å²) in [6.45, 7) is 6.16. The smallest absolute Gasteiger partial charge is 0.00679 e. The summed E-state index contributed by atoms with van der Waals surface area (Å²) in [5.41, 5.74) is 0. The van der Waals surface area contributed by atoms with Crippen molar-refractivity contribution in [2.24, 2.45) is 5.92 Å². The topological polar surface area (TPSA) is 15.3 Å². The Balaban J connectivity index is 1.95. The van der Waals surface area contributed by atoms with Crippen molar-refractivity contribution in [1.82, 2.24) is 10.2 Å². The highest BCUT2D eigenvalue weighted by Gasteiger charge is 2.21. The fourth-order valence-electron chi connectivity index (χ4n) is 2.75. The molecule has 0 amide bonds. The first kappa shape index (κ1) is 16.3. The number of likely N-dealkylation sites (tertiary alicyclic amines) is 1. The van der Waals surface area contributed by atoms with Gasteiger partial charge in [-0.3, -0.25) is 0 Å². The Hall–Kier alpha value is 0.270. The summed E-state index contributed by atoms with van der Waals surface area (Å²) in [4.78, 5) is 2.45. The van der Waals surface area contributed by atoms with Gasteiger partial charge in [-0.1, -0.05) is 12.8 Å². The molecule has 0 aromatic carbocycles. The third-order valence-electron chi connectivity index (χ3n) is 4.21. The molecule has 1 heterocycles. The van der Waals surface area contributed by atoms with Gasteiger partial charge < -0.3 is 10.2 Å². The summed E-state index contributed by atoms with van der Waals surface area (Å²) in [5.74, 6) is 2.23. The molecule has 1 atom stereocenters. The molecule has 1 saturated heterocycles. The third kappa shape index (κ3) is 7.01. The molecule has 0 saturated carbocycles. The quantitative estimate of drug-likeness (QED) is 0.649. The number of hydrogen-bond acceptors (Lipinski definition) is 3. The van der Waals surface area contributed by atoms with E-state index in [1.807, 2.05) is 11.8 Å². The largest absolute Gasteiger partial charge is 0.314 e. The number of hydrogen-bond donors (Lipinski definition) is 1. The predicted molar refractivity (Wildman–Crippen MR) is 84.5 cm³/mol. The van der Waals surface area contributed by atoms with Crippen LogP contribution >= 0.6 is 11.8 Å². The second-order valence-electron chi connectivity index (χ2n) is 5.79. The van der Waals surface area contributed by atoms with Gasteiger partial charge in [0.2, 0.25) is 0 Å². The first-order valence-corrected chi connectivity index (χ1v) is 9.04. The molecule has 18 heavy (non-hydrogen) atoms. The van der Waals surface area contributed by atoms with Crippen molar-refractivity contribution in [2.45, 2.75) is 51.5 Å². The lowest BCUT2D eigenvalue weighted by atomic mass is 9.90. The molecule has 0 aliphatic carbocycles. The van der Waals surface area contributed by atoms with E-state index in [-0.39, 0.29) is 0 Å². The number of rotatable bonds is 9. The molecule has 1 fully saturated rings. The molecule has 0 aromatic rings. The molecule has 0 bridgehead atoms. The Bertz CT molecular complexity index is 191. The molecule has 1 unspecified atom stereocenters. The molecule has 1 rings (SSSR count). The van der Waals surface area contributed by atoms with E-state index in [0.717, 1.165) is 5.92 Å². The van der Waals surface area contributed by atoms with E-state index in [1.165, 1.54) is 63.9 Å². The second kappa shape index (κ2) is 10.1. The van der Waals surface area contributed by atoms with Crippen molar-refractivity contribution >= 4 is 11.8 Å². The minimum Gasteiger partial charge on any atom is -0.314 e. The Kier molecular flexibility index (Phi) is 9.16. The van der Waals surface area contributed by atoms with E-state index in [1.54, 1.807) is 0 Å².